The van der Waals surface area contributed by atoms with E-state index in [0.717, 1.165) is 41.1 Å². The molecule has 0 fully saturated rings. The number of benzene rings is 2. The molecule has 0 radical (unpaired) electrons. The van der Waals surface area contributed by atoms with Crippen LogP contribution in [0.15, 0.2) is 56.7 Å². The second kappa shape index (κ2) is 6.55. The first-order valence-electron chi connectivity index (χ1n) is 6.99. The van der Waals surface area contributed by atoms with E-state index in [0.29, 0.717) is 5.02 Å². The van der Waals surface area contributed by atoms with E-state index >= 15 is 0 Å². The first-order chi connectivity index (χ1) is 10.3. The summed E-state index contributed by atoms with van der Waals surface area (Å²) in [4.78, 5) is 2.36. The van der Waals surface area contributed by atoms with Gasteiger partial charge < -0.3 is 9.73 Å². The molecule has 2 nitrogen and oxygen atoms in total. The van der Waals surface area contributed by atoms with Crippen LogP contribution in [0.1, 0.15) is 11.3 Å². The molecular formula is C17H15Cl2NOS. The Morgan fingerprint density at radius 1 is 1.09 bits per heavy atom. The predicted octanol–water partition coefficient (Wildman–Crippen LogP) is 5.30. The van der Waals surface area contributed by atoms with Crippen molar-refractivity contribution in [2.45, 2.75) is 22.8 Å². The van der Waals surface area contributed by atoms with E-state index in [1.54, 1.807) is 11.8 Å². The highest BCUT2D eigenvalue weighted by molar-refractivity contribution is 7.99. The molecule has 4 rings (SSSR count). The van der Waals surface area contributed by atoms with Gasteiger partial charge in [0.25, 0.3) is 0 Å². The molecule has 2 heterocycles. The van der Waals surface area contributed by atoms with Crippen LogP contribution in [0.3, 0.4) is 0 Å². The third-order valence-corrected chi connectivity index (χ3v) is 4.97. The van der Waals surface area contributed by atoms with Gasteiger partial charge in [0.15, 0.2) is 5.58 Å². The summed E-state index contributed by atoms with van der Waals surface area (Å²) in [6, 6.07) is 14.5. The summed E-state index contributed by atoms with van der Waals surface area (Å²) in [7, 11) is 0. The van der Waals surface area contributed by atoms with Crippen molar-refractivity contribution in [3.63, 3.8) is 0 Å². The Morgan fingerprint density at radius 2 is 1.91 bits per heavy atom. The van der Waals surface area contributed by atoms with Crippen LogP contribution in [0.2, 0.25) is 5.02 Å². The highest BCUT2D eigenvalue weighted by Crippen LogP contribution is 2.38. The van der Waals surface area contributed by atoms with Crippen LogP contribution < -0.4 is 5.32 Å². The fourth-order valence-electron chi connectivity index (χ4n) is 2.73. The number of halogens is 2. The lowest BCUT2D eigenvalue weighted by atomic mass is 10.1. The summed E-state index contributed by atoms with van der Waals surface area (Å²) in [5, 5.41) is 5.23. The molecule has 1 aromatic heterocycles. The normalized spacial score (nSPS) is 13.7. The van der Waals surface area contributed by atoms with Crippen LogP contribution in [-0.2, 0) is 13.0 Å². The zero-order valence-corrected chi connectivity index (χ0v) is 14.2. The molecule has 0 saturated heterocycles. The molecule has 22 heavy (non-hydrogen) atoms. The second-order valence-electron chi connectivity index (χ2n) is 5.13. The third kappa shape index (κ3) is 2.86. The minimum Gasteiger partial charge on any atom is -0.459 e. The Labute approximate surface area is 144 Å². The zero-order chi connectivity index (χ0) is 14.2. The molecule has 2 aromatic carbocycles. The maximum atomic E-state index is 6.42. The van der Waals surface area contributed by atoms with Gasteiger partial charge in [-0.15, -0.1) is 12.4 Å². The van der Waals surface area contributed by atoms with Gasteiger partial charge in [0.2, 0.25) is 0 Å². The van der Waals surface area contributed by atoms with E-state index in [1.807, 2.05) is 24.3 Å². The van der Waals surface area contributed by atoms with Gasteiger partial charge in [0.05, 0.1) is 5.02 Å². The number of hydrogen-bond donors (Lipinski definition) is 1. The van der Waals surface area contributed by atoms with Gasteiger partial charge in [-0.3, -0.25) is 0 Å². The van der Waals surface area contributed by atoms with E-state index in [-0.39, 0.29) is 12.4 Å². The smallest absolute Gasteiger partial charge is 0.153 e. The molecule has 0 spiro atoms. The van der Waals surface area contributed by atoms with Crippen molar-refractivity contribution in [3.05, 3.63) is 58.8 Å². The average Bonchev–Trinajstić information content (AvgIpc) is 2.88. The second-order valence-corrected chi connectivity index (χ2v) is 6.68. The quantitative estimate of drug-likeness (QED) is 0.677. The molecule has 0 atom stereocenters. The van der Waals surface area contributed by atoms with Crippen molar-refractivity contribution in [1.82, 2.24) is 5.32 Å². The van der Waals surface area contributed by atoms with E-state index in [9.17, 15) is 0 Å². The molecule has 0 amide bonds. The van der Waals surface area contributed by atoms with E-state index in [4.69, 9.17) is 16.0 Å². The fourth-order valence-corrected chi connectivity index (χ4v) is 3.97. The number of hydrogen-bond acceptors (Lipinski definition) is 3. The Bertz CT molecular complexity index is 801. The Kier molecular flexibility index (Phi) is 4.69. The minimum atomic E-state index is 0. The summed E-state index contributed by atoms with van der Waals surface area (Å²) in [6.07, 6.45) is 0.932. The first-order valence-corrected chi connectivity index (χ1v) is 8.18. The van der Waals surface area contributed by atoms with Gasteiger partial charge in [-0.05, 0) is 24.3 Å². The maximum absolute atomic E-state index is 6.42. The number of furan rings is 1. The summed E-state index contributed by atoms with van der Waals surface area (Å²) in [5.41, 5.74) is 2.08. The molecule has 1 aliphatic heterocycles. The van der Waals surface area contributed by atoms with Gasteiger partial charge in [-0.2, -0.15) is 0 Å². The molecule has 0 aliphatic carbocycles. The SMILES string of the molecule is Cl.Clc1cc(Sc2ccccc2)cc2c3c(oc12)CCNC3. The van der Waals surface area contributed by atoms with Gasteiger partial charge >= 0.3 is 0 Å². The number of fused-ring (bicyclic) bond motifs is 3. The van der Waals surface area contributed by atoms with Crippen molar-refractivity contribution in [1.29, 1.82) is 0 Å². The highest BCUT2D eigenvalue weighted by Gasteiger charge is 2.19. The first kappa shape index (κ1) is 15.8. The van der Waals surface area contributed by atoms with Gasteiger partial charge in [-0.1, -0.05) is 41.6 Å². The standard InChI is InChI=1S/C17H14ClNOS.ClH/c18-15-9-12(21-11-4-2-1-3-5-11)8-13-14-10-19-7-6-16(14)20-17(13)15;/h1-5,8-9,19H,6-7,10H2;1H. The van der Waals surface area contributed by atoms with Crippen LogP contribution in [0.25, 0.3) is 11.0 Å². The fraction of sp³-hybridized carbons (Fsp3) is 0.176. The van der Waals surface area contributed by atoms with Crippen molar-refractivity contribution < 1.29 is 4.42 Å². The predicted molar refractivity (Wildman–Crippen MR) is 94.4 cm³/mol. The Hall–Kier alpha value is -1.13. The molecule has 0 bridgehead atoms. The minimum absolute atomic E-state index is 0. The van der Waals surface area contributed by atoms with Gasteiger partial charge in [-0.25, -0.2) is 0 Å². The van der Waals surface area contributed by atoms with Crippen LogP contribution in [-0.4, -0.2) is 6.54 Å². The van der Waals surface area contributed by atoms with Crippen molar-refractivity contribution in [2.75, 3.05) is 6.54 Å². The van der Waals surface area contributed by atoms with E-state index in [2.05, 4.69) is 23.5 Å². The molecule has 0 unspecified atom stereocenters. The van der Waals surface area contributed by atoms with Crippen LogP contribution in [0.5, 0.6) is 0 Å². The zero-order valence-electron chi connectivity index (χ0n) is 11.8. The third-order valence-electron chi connectivity index (χ3n) is 3.71. The number of nitrogens with one attached hydrogen (secondary N) is 1. The lowest BCUT2D eigenvalue weighted by molar-refractivity contribution is 0.500. The topological polar surface area (TPSA) is 25.2 Å². The lowest BCUT2D eigenvalue weighted by Crippen LogP contribution is -2.22. The van der Waals surface area contributed by atoms with Gasteiger partial charge in [0.1, 0.15) is 5.76 Å². The van der Waals surface area contributed by atoms with E-state index < -0.39 is 0 Å². The van der Waals surface area contributed by atoms with Crippen molar-refractivity contribution in [2.24, 2.45) is 0 Å². The molecule has 3 aromatic rings. The number of rotatable bonds is 2. The molecule has 114 valence electrons. The summed E-state index contributed by atoms with van der Waals surface area (Å²) in [6.45, 7) is 1.83. The monoisotopic (exact) mass is 351 g/mol. The van der Waals surface area contributed by atoms with Crippen molar-refractivity contribution >= 4 is 46.7 Å². The Balaban J connectivity index is 0.00000144. The van der Waals surface area contributed by atoms with Gasteiger partial charge in [0, 0.05) is 40.3 Å². The summed E-state index contributed by atoms with van der Waals surface area (Å²) >= 11 is 8.14. The molecule has 1 aliphatic rings. The summed E-state index contributed by atoms with van der Waals surface area (Å²) < 4.78 is 5.95. The molecule has 5 heteroatoms. The molecule has 1 N–H and O–H groups in total. The Morgan fingerprint density at radius 3 is 2.73 bits per heavy atom. The van der Waals surface area contributed by atoms with Crippen LogP contribution in [0, 0.1) is 0 Å². The maximum Gasteiger partial charge on any atom is 0.153 e. The lowest BCUT2D eigenvalue weighted by Gasteiger charge is -2.11. The average molecular weight is 352 g/mol. The summed E-state index contributed by atoms with van der Waals surface area (Å²) in [5.74, 6) is 1.08. The van der Waals surface area contributed by atoms with Crippen LogP contribution >= 0.6 is 35.8 Å². The van der Waals surface area contributed by atoms with Crippen molar-refractivity contribution in [3.8, 4) is 0 Å². The largest absolute Gasteiger partial charge is 0.459 e. The van der Waals surface area contributed by atoms with E-state index in [1.165, 1.54) is 10.5 Å². The molecular weight excluding hydrogens is 337 g/mol. The molecule has 0 saturated carbocycles. The van der Waals surface area contributed by atoms with Crippen LogP contribution in [0.4, 0.5) is 0 Å². The highest BCUT2D eigenvalue weighted by atomic mass is 35.5.